The van der Waals surface area contributed by atoms with Crippen LogP contribution in [0.3, 0.4) is 0 Å². The maximum Gasteiger partial charge on any atom is 0.270 e. The van der Waals surface area contributed by atoms with Crippen molar-refractivity contribution in [2.75, 3.05) is 37.9 Å². The first-order valence-electron chi connectivity index (χ1n) is 7.95. The summed E-state index contributed by atoms with van der Waals surface area (Å²) in [6.07, 6.45) is 0. The van der Waals surface area contributed by atoms with Gasteiger partial charge in [0.15, 0.2) is 0 Å². The molecule has 0 unspecified atom stereocenters. The number of hydrogen-bond donors (Lipinski definition) is 1. The summed E-state index contributed by atoms with van der Waals surface area (Å²) < 4.78 is 12.9. The molecule has 0 aromatic heterocycles. The van der Waals surface area contributed by atoms with Gasteiger partial charge in [-0.3, -0.25) is 19.7 Å². The molecule has 0 saturated heterocycles. The van der Waals surface area contributed by atoms with Crippen LogP contribution in [-0.4, -0.2) is 49.3 Å². The van der Waals surface area contributed by atoms with Crippen LogP contribution in [0, 0.1) is 15.9 Å². The molecule has 0 saturated carbocycles. The van der Waals surface area contributed by atoms with Gasteiger partial charge in [-0.1, -0.05) is 0 Å². The highest BCUT2D eigenvalue weighted by molar-refractivity contribution is 6.03. The number of benzene rings is 2. The minimum atomic E-state index is -0.586. The Kier molecular flexibility index (Phi) is 6.07. The van der Waals surface area contributed by atoms with Gasteiger partial charge in [0.05, 0.1) is 17.0 Å². The monoisotopic (exact) mass is 374 g/mol. The summed E-state index contributed by atoms with van der Waals surface area (Å²) >= 11 is 0. The van der Waals surface area contributed by atoms with E-state index in [1.54, 1.807) is 19.0 Å². The second kappa shape index (κ2) is 8.26. The molecule has 2 aromatic carbocycles. The van der Waals surface area contributed by atoms with Crippen LogP contribution in [0.4, 0.5) is 21.5 Å². The zero-order chi connectivity index (χ0) is 20.1. The van der Waals surface area contributed by atoms with Gasteiger partial charge >= 0.3 is 0 Å². The van der Waals surface area contributed by atoms with Gasteiger partial charge in [-0.15, -0.1) is 0 Å². The number of nitro benzene ring substituents is 1. The predicted octanol–water partition coefficient (Wildman–Crippen LogP) is 2.51. The Morgan fingerprint density at radius 2 is 1.74 bits per heavy atom. The van der Waals surface area contributed by atoms with Crippen molar-refractivity contribution < 1.29 is 18.9 Å². The summed E-state index contributed by atoms with van der Waals surface area (Å²) in [6, 6.07) is 9.20. The Balaban J connectivity index is 2.16. The molecule has 0 bridgehead atoms. The first-order valence-corrected chi connectivity index (χ1v) is 7.95. The van der Waals surface area contributed by atoms with Gasteiger partial charge in [-0.05, 0) is 30.3 Å². The molecule has 27 heavy (non-hydrogen) atoms. The van der Waals surface area contributed by atoms with Crippen LogP contribution in [0.1, 0.15) is 10.4 Å². The minimum Gasteiger partial charge on any atom is -0.377 e. The van der Waals surface area contributed by atoms with Crippen molar-refractivity contribution in [3.8, 4) is 0 Å². The standard InChI is InChI=1S/C18H19FN4O4/c1-21(2)16-9-8-14(23(26)27)10-15(16)18(25)22(3)11-17(24)20-13-6-4-12(19)5-7-13/h4-10H,11H2,1-3H3,(H,20,24). The van der Waals surface area contributed by atoms with Gasteiger partial charge < -0.3 is 15.1 Å². The molecule has 2 amide bonds. The third-order valence-electron chi connectivity index (χ3n) is 3.76. The molecular formula is C18H19FN4O4. The number of non-ortho nitro benzene ring substituents is 1. The van der Waals surface area contributed by atoms with Crippen LogP contribution >= 0.6 is 0 Å². The molecule has 1 N–H and O–H groups in total. The molecule has 8 nitrogen and oxygen atoms in total. The van der Waals surface area contributed by atoms with E-state index in [-0.39, 0.29) is 17.8 Å². The van der Waals surface area contributed by atoms with Crippen molar-refractivity contribution in [1.29, 1.82) is 0 Å². The summed E-state index contributed by atoms with van der Waals surface area (Å²) in [7, 11) is 4.84. The Morgan fingerprint density at radius 3 is 2.30 bits per heavy atom. The summed E-state index contributed by atoms with van der Waals surface area (Å²) in [5, 5.41) is 13.6. The lowest BCUT2D eigenvalue weighted by molar-refractivity contribution is -0.384. The molecule has 0 aliphatic carbocycles. The molecular weight excluding hydrogens is 355 g/mol. The number of rotatable bonds is 6. The summed E-state index contributed by atoms with van der Waals surface area (Å²) in [4.78, 5) is 38.1. The van der Waals surface area contributed by atoms with Gasteiger partial charge in [-0.2, -0.15) is 0 Å². The second-order valence-corrected chi connectivity index (χ2v) is 6.07. The van der Waals surface area contributed by atoms with E-state index < -0.39 is 22.6 Å². The highest BCUT2D eigenvalue weighted by atomic mass is 19.1. The SMILES string of the molecule is CN(CC(=O)Nc1ccc(F)cc1)C(=O)c1cc([N+](=O)[O-])ccc1N(C)C. The Bertz CT molecular complexity index is 868. The first kappa shape index (κ1) is 19.8. The average molecular weight is 374 g/mol. The highest BCUT2D eigenvalue weighted by Crippen LogP contribution is 2.25. The first-order chi connectivity index (χ1) is 12.7. The number of anilines is 2. The van der Waals surface area contributed by atoms with Crippen molar-refractivity contribution in [2.24, 2.45) is 0 Å². The van der Waals surface area contributed by atoms with Crippen LogP contribution < -0.4 is 10.2 Å². The maximum atomic E-state index is 12.9. The van der Waals surface area contributed by atoms with Gasteiger partial charge in [0, 0.05) is 44.7 Å². The number of nitrogens with zero attached hydrogens (tertiary/aromatic N) is 3. The quantitative estimate of drug-likeness (QED) is 0.619. The topological polar surface area (TPSA) is 95.8 Å². The molecule has 2 rings (SSSR count). The minimum absolute atomic E-state index is 0.117. The number of halogens is 1. The fourth-order valence-corrected chi connectivity index (χ4v) is 2.43. The zero-order valence-corrected chi connectivity index (χ0v) is 15.1. The van der Waals surface area contributed by atoms with Gasteiger partial charge in [-0.25, -0.2) is 4.39 Å². The van der Waals surface area contributed by atoms with Crippen molar-refractivity contribution in [3.05, 3.63) is 64.0 Å². The van der Waals surface area contributed by atoms with Crippen LogP contribution in [-0.2, 0) is 4.79 Å². The summed E-state index contributed by atoms with van der Waals surface area (Å²) in [5.41, 5.74) is 0.794. The van der Waals surface area contributed by atoms with Gasteiger partial charge in [0.2, 0.25) is 5.91 Å². The second-order valence-electron chi connectivity index (χ2n) is 6.07. The molecule has 142 valence electrons. The van der Waals surface area contributed by atoms with Crippen molar-refractivity contribution in [3.63, 3.8) is 0 Å². The van der Waals surface area contributed by atoms with E-state index in [0.717, 1.165) is 4.90 Å². The lowest BCUT2D eigenvalue weighted by Gasteiger charge is -2.21. The van der Waals surface area contributed by atoms with Gasteiger partial charge in [0.1, 0.15) is 5.82 Å². The van der Waals surface area contributed by atoms with Crippen LogP contribution in [0.15, 0.2) is 42.5 Å². The van der Waals surface area contributed by atoms with E-state index in [4.69, 9.17) is 0 Å². The fourth-order valence-electron chi connectivity index (χ4n) is 2.43. The summed E-state index contributed by atoms with van der Waals surface area (Å²) in [5.74, 6) is -1.44. The molecule has 2 aromatic rings. The molecule has 0 spiro atoms. The third kappa shape index (κ3) is 5.00. The normalized spacial score (nSPS) is 10.2. The molecule has 0 heterocycles. The predicted molar refractivity (Wildman–Crippen MR) is 99.4 cm³/mol. The van der Waals surface area contributed by atoms with Crippen molar-refractivity contribution >= 4 is 28.9 Å². The fraction of sp³-hybridized carbons (Fsp3) is 0.222. The van der Waals surface area contributed by atoms with Gasteiger partial charge in [0.25, 0.3) is 11.6 Å². The summed E-state index contributed by atoms with van der Waals surface area (Å²) in [6.45, 7) is -0.272. The van der Waals surface area contributed by atoms with Crippen LogP contribution in [0.25, 0.3) is 0 Å². The Morgan fingerprint density at radius 1 is 1.11 bits per heavy atom. The molecule has 0 atom stereocenters. The Labute approximate surface area is 155 Å². The third-order valence-corrected chi connectivity index (χ3v) is 3.76. The van der Waals surface area contributed by atoms with E-state index in [0.29, 0.717) is 11.4 Å². The van der Waals surface area contributed by atoms with Crippen LogP contribution in [0.2, 0.25) is 0 Å². The van der Waals surface area contributed by atoms with E-state index in [1.165, 1.54) is 49.5 Å². The lowest BCUT2D eigenvalue weighted by Crippen LogP contribution is -2.35. The average Bonchev–Trinajstić information content (AvgIpc) is 2.62. The molecule has 9 heteroatoms. The largest absolute Gasteiger partial charge is 0.377 e. The van der Waals surface area contributed by atoms with E-state index >= 15 is 0 Å². The molecule has 0 aliphatic heterocycles. The molecule has 0 aliphatic rings. The lowest BCUT2D eigenvalue weighted by atomic mass is 10.1. The number of nitrogens with one attached hydrogen (secondary N) is 1. The van der Waals surface area contributed by atoms with Crippen molar-refractivity contribution in [1.82, 2.24) is 4.90 Å². The van der Waals surface area contributed by atoms with E-state index in [1.807, 2.05) is 0 Å². The zero-order valence-electron chi connectivity index (χ0n) is 15.1. The van der Waals surface area contributed by atoms with E-state index in [9.17, 15) is 24.1 Å². The Hall–Kier alpha value is -3.49. The molecule has 0 fully saturated rings. The van der Waals surface area contributed by atoms with Crippen molar-refractivity contribution in [2.45, 2.75) is 0 Å². The number of nitro groups is 1. The number of hydrogen-bond acceptors (Lipinski definition) is 5. The number of carbonyl (C=O) groups excluding carboxylic acids is 2. The van der Waals surface area contributed by atoms with E-state index in [2.05, 4.69) is 5.32 Å². The maximum absolute atomic E-state index is 12.9. The number of likely N-dealkylation sites (N-methyl/N-ethyl adjacent to an activating group) is 1. The van der Waals surface area contributed by atoms with Crippen LogP contribution in [0.5, 0.6) is 0 Å². The smallest absolute Gasteiger partial charge is 0.270 e. The highest BCUT2D eigenvalue weighted by Gasteiger charge is 2.22. The molecule has 0 radical (unpaired) electrons. The number of amides is 2. The number of carbonyl (C=O) groups is 2.